The van der Waals surface area contributed by atoms with Gasteiger partial charge in [-0.25, -0.2) is 4.98 Å². The van der Waals surface area contributed by atoms with Crippen LogP contribution >= 0.6 is 35.3 Å². The zero-order valence-electron chi connectivity index (χ0n) is 13.6. The molecule has 0 saturated heterocycles. The lowest BCUT2D eigenvalue weighted by molar-refractivity contribution is -0.0236. The number of aliphatic imine (C=N–C) groups is 1. The first-order valence-electron chi connectivity index (χ1n) is 7.70. The summed E-state index contributed by atoms with van der Waals surface area (Å²) in [7, 11) is 0. The molecule has 1 fully saturated rings. The summed E-state index contributed by atoms with van der Waals surface area (Å²) in [6, 6.07) is 0. The number of halogens is 1. The molecule has 7 heteroatoms. The lowest BCUT2D eigenvalue weighted by atomic mass is 9.80. The monoisotopic (exact) mass is 438 g/mol. The van der Waals surface area contributed by atoms with Crippen molar-refractivity contribution in [1.82, 2.24) is 15.6 Å². The summed E-state index contributed by atoms with van der Waals surface area (Å²) in [6.45, 7) is 8.30. The molecule has 1 heterocycles. The molecule has 1 aromatic heterocycles. The minimum atomic E-state index is -0.564. The van der Waals surface area contributed by atoms with E-state index in [1.807, 2.05) is 13.8 Å². The average Bonchev–Trinajstić information content (AvgIpc) is 2.73. The van der Waals surface area contributed by atoms with E-state index >= 15 is 0 Å². The summed E-state index contributed by atoms with van der Waals surface area (Å²) in [6.07, 6.45) is 3.74. The van der Waals surface area contributed by atoms with Crippen molar-refractivity contribution < 1.29 is 5.11 Å². The first kappa shape index (κ1) is 19.6. The number of rotatable bonds is 6. The fourth-order valence-electron chi connectivity index (χ4n) is 2.24. The molecule has 1 aliphatic rings. The maximum atomic E-state index is 10.1. The van der Waals surface area contributed by atoms with Gasteiger partial charge in [-0.1, -0.05) is 0 Å². The Morgan fingerprint density at radius 2 is 2.09 bits per heavy atom. The van der Waals surface area contributed by atoms with Crippen LogP contribution in [0.2, 0.25) is 0 Å². The van der Waals surface area contributed by atoms with Crippen LogP contribution in [-0.2, 0) is 6.42 Å². The molecule has 0 unspecified atom stereocenters. The van der Waals surface area contributed by atoms with Gasteiger partial charge >= 0.3 is 0 Å². The smallest absolute Gasteiger partial charge is 0.191 e. The Hall–Kier alpha value is -0.410. The van der Waals surface area contributed by atoms with Crippen LogP contribution in [-0.4, -0.2) is 41.3 Å². The molecule has 0 radical (unpaired) electrons. The molecule has 0 aliphatic heterocycles. The Kier molecular flexibility index (Phi) is 8.06. The molecule has 0 atom stereocenters. The quantitative estimate of drug-likeness (QED) is 0.363. The van der Waals surface area contributed by atoms with Crippen LogP contribution in [0.5, 0.6) is 0 Å². The van der Waals surface area contributed by atoms with E-state index in [-0.39, 0.29) is 24.0 Å². The maximum absolute atomic E-state index is 10.1. The van der Waals surface area contributed by atoms with Gasteiger partial charge in [-0.05, 0) is 40.0 Å². The van der Waals surface area contributed by atoms with E-state index in [1.54, 1.807) is 11.3 Å². The summed E-state index contributed by atoms with van der Waals surface area (Å²) in [4.78, 5) is 10.3. The largest absolute Gasteiger partial charge is 0.388 e. The average molecular weight is 438 g/mol. The fraction of sp³-hybridized carbons (Fsp3) is 0.733. The molecule has 126 valence electrons. The van der Waals surface area contributed by atoms with Crippen molar-refractivity contribution in [2.24, 2.45) is 4.99 Å². The highest BCUT2D eigenvalue weighted by atomic mass is 127. The molecule has 1 aromatic rings. The molecule has 0 amide bonds. The van der Waals surface area contributed by atoms with Gasteiger partial charge in [0.25, 0.3) is 0 Å². The number of thiazole rings is 1. The predicted octanol–water partition coefficient (Wildman–Crippen LogP) is 2.39. The molecule has 22 heavy (non-hydrogen) atoms. The van der Waals surface area contributed by atoms with Gasteiger partial charge in [0.2, 0.25) is 0 Å². The molecule has 2 rings (SSSR count). The molecule has 1 aliphatic carbocycles. The number of nitrogens with zero attached hydrogens (tertiary/aromatic N) is 2. The predicted molar refractivity (Wildman–Crippen MR) is 103 cm³/mol. The summed E-state index contributed by atoms with van der Waals surface area (Å²) in [5, 5.41) is 17.8. The molecule has 0 spiro atoms. The van der Waals surface area contributed by atoms with E-state index in [2.05, 4.69) is 27.5 Å². The van der Waals surface area contributed by atoms with Crippen LogP contribution in [0.15, 0.2) is 4.99 Å². The van der Waals surface area contributed by atoms with E-state index in [9.17, 15) is 5.11 Å². The van der Waals surface area contributed by atoms with Gasteiger partial charge < -0.3 is 15.7 Å². The third-order valence-electron chi connectivity index (χ3n) is 3.86. The number of aromatic nitrogens is 1. The Labute approximate surface area is 154 Å². The molecule has 0 bridgehead atoms. The summed E-state index contributed by atoms with van der Waals surface area (Å²) >= 11 is 1.76. The third kappa shape index (κ3) is 5.66. The van der Waals surface area contributed by atoms with E-state index in [1.165, 1.54) is 4.88 Å². The molecular weight excluding hydrogens is 411 g/mol. The number of aliphatic hydroxyl groups is 1. The van der Waals surface area contributed by atoms with Crippen molar-refractivity contribution in [1.29, 1.82) is 0 Å². The van der Waals surface area contributed by atoms with Crippen molar-refractivity contribution >= 4 is 41.3 Å². The van der Waals surface area contributed by atoms with Crippen molar-refractivity contribution in [2.75, 3.05) is 19.6 Å². The van der Waals surface area contributed by atoms with E-state index in [0.29, 0.717) is 6.54 Å². The SMILES string of the molecule is CCNC(=NCC1(O)CCC1)NCCc1nc(C)c(C)s1.I. The normalized spacial score (nSPS) is 16.6. The first-order valence-corrected chi connectivity index (χ1v) is 8.51. The van der Waals surface area contributed by atoms with Gasteiger partial charge in [-0.3, -0.25) is 4.99 Å². The highest BCUT2D eigenvalue weighted by Crippen LogP contribution is 2.31. The zero-order valence-corrected chi connectivity index (χ0v) is 16.8. The molecule has 5 nitrogen and oxygen atoms in total. The first-order chi connectivity index (χ1) is 10.0. The number of guanidine groups is 1. The Morgan fingerprint density at radius 3 is 2.59 bits per heavy atom. The number of aryl methyl sites for hydroxylation is 2. The lowest BCUT2D eigenvalue weighted by Crippen LogP contribution is -2.43. The Morgan fingerprint density at radius 1 is 1.36 bits per heavy atom. The van der Waals surface area contributed by atoms with Crippen LogP contribution in [0, 0.1) is 13.8 Å². The standard InChI is InChI=1S/C15H26N4OS.HI/c1-4-16-14(18-10-15(20)7-5-8-15)17-9-6-13-19-11(2)12(3)21-13;/h20H,4-10H2,1-3H3,(H2,16,17,18);1H. The minimum absolute atomic E-state index is 0. The van der Waals surface area contributed by atoms with Crippen LogP contribution in [0.3, 0.4) is 0 Å². The molecular formula is C15H27IN4OS. The van der Waals surface area contributed by atoms with E-state index in [4.69, 9.17) is 0 Å². The van der Waals surface area contributed by atoms with Crippen LogP contribution in [0.4, 0.5) is 0 Å². The fourth-order valence-corrected chi connectivity index (χ4v) is 3.18. The van der Waals surface area contributed by atoms with Gasteiger partial charge in [0.15, 0.2) is 5.96 Å². The van der Waals surface area contributed by atoms with Gasteiger partial charge in [0, 0.05) is 24.4 Å². The van der Waals surface area contributed by atoms with E-state index in [0.717, 1.165) is 55.4 Å². The molecule has 0 aromatic carbocycles. The van der Waals surface area contributed by atoms with Crippen molar-refractivity contribution in [3.63, 3.8) is 0 Å². The highest BCUT2D eigenvalue weighted by molar-refractivity contribution is 14.0. The third-order valence-corrected chi connectivity index (χ3v) is 5.00. The van der Waals surface area contributed by atoms with Gasteiger partial charge in [0.1, 0.15) is 0 Å². The minimum Gasteiger partial charge on any atom is -0.388 e. The molecule has 3 N–H and O–H groups in total. The second-order valence-corrected chi connectivity index (χ2v) is 6.99. The lowest BCUT2D eigenvalue weighted by Gasteiger charge is -2.35. The zero-order chi connectivity index (χ0) is 15.3. The van der Waals surface area contributed by atoms with Crippen molar-refractivity contribution in [3.8, 4) is 0 Å². The van der Waals surface area contributed by atoms with E-state index < -0.39 is 5.60 Å². The van der Waals surface area contributed by atoms with Crippen molar-refractivity contribution in [3.05, 3.63) is 15.6 Å². The number of hydrogen-bond donors (Lipinski definition) is 3. The van der Waals surface area contributed by atoms with Gasteiger partial charge in [-0.15, -0.1) is 35.3 Å². The van der Waals surface area contributed by atoms with Crippen molar-refractivity contribution in [2.45, 2.75) is 52.1 Å². The number of hydrogen-bond acceptors (Lipinski definition) is 4. The summed E-state index contributed by atoms with van der Waals surface area (Å²) in [5.74, 6) is 0.780. The molecule has 1 saturated carbocycles. The Balaban J connectivity index is 0.00000242. The van der Waals surface area contributed by atoms with Crippen LogP contribution < -0.4 is 10.6 Å². The van der Waals surface area contributed by atoms with Gasteiger partial charge in [0.05, 0.1) is 22.8 Å². The van der Waals surface area contributed by atoms with Crippen LogP contribution in [0.25, 0.3) is 0 Å². The summed E-state index contributed by atoms with van der Waals surface area (Å²) in [5.41, 5.74) is 0.564. The second-order valence-electron chi connectivity index (χ2n) is 5.70. The van der Waals surface area contributed by atoms with Crippen LogP contribution in [0.1, 0.15) is 41.8 Å². The highest BCUT2D eigenvalue weighted by Gasteiger charge is 2.34. The second kappa shape index (κ2) is 9.02. The topological polar surface area (TPSA) is 69.5 Å². The maximum Gasteiger partial charge on any atom is 0.191 e. The Bertz CT molecular complexity index is 480. The van der Waals surface area contributed by atoms with Gasteiger partial charge in [-0.2, -0.15) is 0 Å². The summed E-state index contributed by atoms with van der Waals surface area (Å²) < 4.78 is 0. The number of nitrogens with one attached hydrogen (secondary N) is 2.